The van der Waals surface area contributed by atoms with Gasteiger partial charge in [0.15, 0.2) is 6.29 Å². The fraction of sp³-hybridized carbons (Fsp3) is 0.520. The molecule has 0 aliphatic carbocycles. The molecular formula is C25H42O7Si2. The lowest BCUT2D eigenvalue weighted by Crippen LogP contribution is -2.43. The summed E-state index contributed by atoms with van der Waals surface area (Å²) in [6, 6.07) is 17.7. The third-order valence-corrected chi connectivity index (χ3v) is 9.85. The molecule has 0 heterocycles. The topological polar surface area (TPSA) is 86.6 Å². The molecule has 0 atom stereocenters. The van der Waals surface area contributed by atoms with E-state index in [2.05, 4.69) is 0 Å². The van der Waals surface area contributed by atoms with E-state index in [1.165, 1.54) is 11.6 Å². The first kappa shape index (κ1) is 30.3. The van der Waals surface area contributed by atoms with Crippen molar-refractivity contribution in [3.8, 4) is 11.5 Å². The Hall–Kier alpha value is -1.73. The minimum absolute atomic E-state index is 0.00600. The van der Waals surface area contributed by atoms with Crippen molar-refractivity contribution in [1.29, 1.82) is 0 Å². The Balaban J connectivity index is 0.000000342. The molecule has 0 unspecified atom stereocenters. The van der Waals surface area contributed by atoms with Crippen LogP contribution in [-0.4, -0.2) is 69.4 Å². The Kier molecular flexibility index (Phi) is 15.8. The summed E-state index contributed by atoms with van der Waals surface area (Å²) < 4.78 is 27.0. The van der Waals surface area contributed by atoms with Gasteiger partial charge in [-0.3, -0.25) is 0 Å². The molecule has 0 aliphatic heterocycles. The standard InChI is InChI=1S/C14H24O3Si.C11H18O4Si/c1-3-16-14(17-4-2)11-18-10-9-12-5-7-13(15)8-6-12;1-13-16(14-2,15-3)9-8-10-4-6-11(12)7-5-10/h5-8,14-15H,3-4,9-11,18H2,1-2H3;4-7,12H,8-9H2,1-3H3. The lowest BCUT2D eigenvalue weighted by Gasteiger charge is -2.24. The van der Waals surface area contributed by atoms with Crippen molar-refractivity contribution in [3.63, 3.8) is 0 Å². The van der Waals surface area contributed by atoms with Gasteiger partial charge in [-0.15, -0.1) is 0 Å². The number of phenols is 2. The van der Waals surface area contributed by atoms with Crippen molar-refractivity contribution in [2.45, 2.75) is 51.1 Å². The van der Waals surface area contributed by atoms with E-state index in [4.69, 9.17) is 27.9 Å². The number of rotatable bonds is 15. The molecule has 34 heavy (non-hydrogen) atoms. The van der Waals surface area contributed by atoms with E-state index >= 15 is 0 Å². The fourth-order valence-electron chi connectivity index (χ4n) is 3.41. The summed E-state index contributed by atoms with van der Waals surface area (Å²) in [4.78, 5) is 0. The van der Waals surface area contributed by atoms with Gasteiger partial charge in [0.2, 0.25) is 0 Å². The second kappa shape index (κ2) is 17.7. The van der Waals surface area contributed by atoms with Crippen molar-refractivity contribution in [2.24, 2.45) is 0 Å². The predicted molar refractivity (Wildman–Crippen MR) is 140 cm³/mol. The van der Waals surface area contributed by atoms with E-state index < -0.39 is 8.80 Å². The van der Waals surface area contributed by atoms with Crippen LogP contribution in [0, 0.1) is 0 Å². The molecule has 2 aromatic rings. The summed E-state index contributed by atoms with van der Waals surface area (Å²) >= 11 is 0. The maximum atomic E-state index is 9.19. The molecule has 2 rings (SSSR count). The molecule has 2 aromatic carbocycles. The molecule has 9 heteroatoms. The lowest BCUT2D eigenvalue weighted by atomic mass is 10.2. The Labute approximate surface area is 208 Å². The first-order chi connectivity index (χ1) is 16.4. The second-order valence-corrected chi connectivity index (χ2v) is 12.8. The Morgan fingerprint density at radius 3 is 1.59 bits per heavy atom. The normalized spacial score (nSPS) is 11.7. The van der Waals surface area contributed by atoms with Gasteiger partial charge in [0, 0.05) is 50.1 Å². The molecular weight excluding hydrogens is 468 g/mol. The van der Waals surface area contributed by atoms with Crippen LogP contribution < -0.4 is 0 Å². The molecule has 2 N–H and O–H groups in total. The monoisotopic (exact) mass is 510 g/mol. The quantitative estimate of drug-likeness (QED) is 0.211. The molecule has 0 spiro atoms. The van der Waals surface area contributed by atoms with E-state index in [0.29, 0.717) is 5.75 Å². The van der Waals surface area contributed by atoms with Crippen LogP contribution in [0.3, 0.4) is 0 Å². The Morgan fingerprint density at radius 2 is 1.18 bits per heavy atom. The van der Waals surface area contributed by atoms with Gasteiger partial charge in [0.25, 0.3) is 0 Å². The second-order valence-electron chi connectivity index (χ2n) is 7.71. The van der Waals surface area contributed by atoms with Gasteiger partial charge in [0.1, 0.15) is 11.5 Å². The third kappa shape index (κ3) is 12.1. The van der Waals surface area contributed by atoms with E-state index in [0.717, 1.165) is 43.7 Å². The zero-order valence-corrected chi connectivity index (χ0v) is 23.7. The maximum Gasteiger partial charge on any atom is 0.500 e. The largest absolute Gasteiger partial charge is 0.508 e. The molecule has 0 aliphatic rings. The minimum atomic E-state index is -2.48. The molecule has 192 valence electrons. The summed E-state index contributed by atoms with van der Waals surface area (Å²) in [5, 5.41) is 18.4. The summed E-state index contributed by atoms with van der Waals surface area (Å²) in [5.41, 5.74) is 2.42. The predicted octanol–water partition coefficient (Wildman–Crippen LogP) is 4.15. The molecule has 0 saturated heterocycles. The average Bonchev–Trinajstić information content (AvgIpc) is 2.86. The van der Waals surface area contributed by atoms with Crippen molar-refractivity contribution in [3.05, 3.63) is 59.7 Å². The van der Waals surface area contributed by atoms with Gasteiger partial charge < -0.3 is 33.0 Å². The highest BCUT2D eigenvalue weighted by Crippen LogP contribution is 2.18. The summed E-state index contributed by atoms with van der Waals surface area (Å²) in [7, 11) is 2.20. The van der Waals surface area contributed by atoms with Gasteiger partial charge in [0.05, 0.1) is 0 Å². The molecule has 0 fully saturated rings. The van der Waals surface area contributed by atoms with Crippen LogP contribution in [0.25, 0.3) is 0 Å². The third-order valence-electron chi connectivity index (χ3n) is 5.39. The first-order valence-electron chi connectivity index (χ1n) is 11.9. The highest BCUT2D eigenvalue weighted by atomic mass is 28.4. The van der Waals surface area contributed by atoms with Gasteiger partial charge in [-0.25, -0.2) is 0 Å². The van der Waals surface area contributed by atoms with Crippen LogP contribution in [-0.2, 0) is 35.6 Å². The molecule has 0 amide bonds. The zero-order chi connectivity index (χ0) is 25.2. The van der Waals surface area contributed by atoms with E-state index in [1.54, 1.807) is 45.6 Å². The summed E-state index contributed by atoms with van der Waals surface area (Å²) in [5.74, 6) is 0.612. The average molecular weight is 511 g/mol. The van der Waals surface area contributed by atoms with Gasteiger partial charge in [-0.05, 0) is 68.1 Å². The van der Waals surface area contributed by atoms with Crippen molar-refractivity contribution in [1.82, 2.24) is 0 Å². The van der Waals surface area contributed by atoms with E-state index in [1.807, 2.05) is 38.1 Å². The number of benzene rings is 2. The maximum absolute atomic E-state index is 9.19. The van der Waals surface area contributed by atoms with Crippen LogP contribution in [0.15, 0.2) is 48.5 Å². The van der Waals surface area contributed by atoms with Crippen molar-refractivity contribution in [2.75, 3.05) is 34.5 Å². The SMILES string of the molecule is CCOC(C[SiH2]CCc1ccc(O)cc1)OCC.CO[Si](CCc1ccc(O)cc1)(OC)OC. The first-order valence-corrected chi connectivity index (χ1v) is 15.8. The highest BCUT2D eigenvalue weighted by molar-refractivity contribution is 6.60. The molecule has 0 bridgehead atoms. The number of aryl methyl sites for hydroxylation is 2. The van der Waals surface area contributed by atoms with Crippen LogP contribution >= 0.6 is 0 Å². The molecule has 0 aromatic heterocycles. The molecule has 0 radical (unpaired) electrons. The number of phenolic OH excluding ortho intramolecular Hbond substituents is 2. The number of hydrogen-bond acceptors (Lipinski definition) is 7. The van der Waals surface area contributed by atoms with Gasteiger partial charge in [-0.1, -0.05) is 30.3 Å². The molecule has 0 saturated carbocycles. The van der Waals surface area contributed by atoms with E-state index in [-0.39, 0.29) is 21.6 Å². The van der Waals surface area contributed by atoms with Crippen LogP contribution in [0.1, 0.15) is 25.0 Å². The fourth-order valence-corrected chi connectivity index (χ4v) is 6.73. The lowest BCUT2D eigenvalue weighted by molar-refractivity contribution is -0.123. The Morgan fingerprint density at radius 1 is 0.735 bits per heavy atom. The van der Waals surface area contributed by atoms with Crippen LogP contribution in [0.5, 0.6) is 11.5 Å². The number of ether oxygens (including phenoxy) is 2. The smallest absolute Gasteiger partial charge is 0.500 e. The highest BCUT2D eigenvalue weighted by Gasteiger charge is 2.37. The van der Waals surface area contributed by atoms with Crippen LogP contribution in [0.2, 0.25) is 18.1 Å². The summed E-state index contributed by atoms with van der Waals surface area (Å²) in [6.45, 7) is 5.45. The van der Waals surface area contributed by atoms with Crippen molar-refractivity contribution >= 4 is 18.3 Å². The minimum Gasteiger partial charge on any atom is -0.508 e. The summed E-state index contributed by atoms with van der Waals surface area (Å²) in [6.07, 6.45) is 1.91. The number of aromatic hydroxyl groups is 2. The van der Waals surface area contributed by atoms with Gasteiger partial charge in [-0.2, -0.15) is 0 Å². The van der Waals surface area contributed by atoms with Crippen molar-refractivity contribution < 1.29 is 33.0 Å². The number of hydrogen-bond donors (Lipinski definition) is 2. The van der Waals surface area contributed by atoms with E-state index in [9.17, 15) is 5.11 Å². The van der Waals surface area contributed by atoms with Gasteiger partial charge >= 0.3 is 8.80 Å². The zero-order valence-electron chi connectivity index (χ0n) is 21.3. The molecule has 7 nitrogen and oxygen atoms in total. The Bertz CT molecular complexity index is 739. The van der Waals surface area contributed by atoms with Crippen LogP contribution in [0.4, 0.5) is 0 Å².